The zero-order valence-electron chi connectivity index (χ0n) is 11.9. The first-order valence-corrected chi connectivity index (χ1v) is 6.64. The Morgan fingerprint density at radius 2 is 1.77 bits per heavy atom. The fourth-order valence-electron chi connectivity index (χ4n) is 1.99. The minimum absolute atomic E-state index is 0.0638. The normalized spacial score (nSPS) is 10.1. The van der Waals surface area contributed by atoms with E-state index in [1.54, 1.807) is 18.2 Å². The predicted octanol–water partition coefficient (Wildman–Crippen LogP) is 3.50. The Labute approximate surface area is 132 Å². The molecule has 0 bridgehead atoms. The van der Waals surface area contributed by atoms with Crippen LogP contribution >= 0.6 is 11.6 Å². The lowest BCUT2D eigenvalue weighted by atomic mass is 10.0. The number of benzene rings is 2. The van der Waals surface area contributed by atoms with Gasteiger partial charge in [-0.25, -0.2) is 9.59 Å². The van der Waals surface area contributed by atoms with Crippen molar-refractivity contribution in [3.05, 3.63) is 52.5 Å². The van der Waals surface area contributed by atoms with Crippen molar-refractivity contribution in [1.29, 1.82) is 0 Å². The molecule has 2 aromatic carbocycles. The first-order valence-electron chi connectivity index (χ1n) is 6.27. The van der Waals surface area contributed by atoms with Crippen molar-refractivity contribution in [2.24, 2.45) is 0 Å². The molecular formula is C16H13ClO5. The van der Waals surface area contributed by atoms with Crippen molar-refractivity contribution >= 4 is 23.5 Å². The van der Waals surface area contributed by atoms with Gasteiger partial charge >= 0.3 is 11.9 Å². The molecule has 0 aromatic heterocycles. The number of halogens is 1. The van der Waals surface area contributed by atoms with Gasteiger partial charge < -0.3 is 14.6 Å². The first-order chi connectivity index (χ1) is 10.5. The van der Waals surface area contributed by atoms with E-state index in [9.17, 15) is 9.59 Å². The number of ether oxygens (including phenoxy) is 2. The molecule has 2 aromatic rings. The summed E-state index contributed by atoms with van der Waals surface area (Å²) in [4.78, 5) is 22.8. The van der Waals surface area contributed by atoms with Gasteiger partial charge in [-0.2, -0.15) is 0 Å². The fourth-order valence-corrected chi connectivity index (χ4v) is 2.21. The number of carboxylic acids is 1. The van der Waals surface area contributed by atoms with Crippen LogP contribution in [0.5, 0.6) is 5.75 Å². The van der Waals surface area contributed by atoms with Gasteiger partial charge in [0.2, 0.25) is 0 Å². The largest absolute Gasteiger partial charge is 0.497 e. The number of carboxylic acid groups (broad SMARTS) is 1. The van der Waals surface area contributed by atoms with Crippen LogP contribution < -0.4 is 4.74 Å². The van der Waals surface area contributed by atoms with Crippen molar-refractivity contribution in [3.8, 4) is 16.9 Å². The Hall–Kier alpha value is -2.53. The van der Waals surface area contributed by atoms with Crippen LogP contribution in [0.4, 0.5) is 0 Å². The zero-order chi connectivity index (χ0) is 16.3. The van der Waals surface area contributed by atoms with Crippen LogP contribution in [-0.4, -0.2) is 31.3 Å². The predicted molar refractivity (Wildman–Crippen MR) is 81.7 cm³/mol. The van der Waals surface area contributed by atoms with Gasteiger partial charge in [-0.1, -0.05) is 11.6 Å². The van der Waals surface area contributed by atoms with E-state index in [0.717, 1.165) is 0 Å². The van der Waals surface area contributed by atoms with E-state index in [4.69, 9.17) is 21.4 Å². The summed E-state index contributed by atoms with van der Waals surface area (Å²) in [5.74, 6) is -1.20. The van der Waals surface area contributed by atoms with Crippen molar-refractivity contribution in [2.45, 2.75) is 0 Å². The van der Waals surface area contributed by atoms with Crippen molar-refractivity contribution in [3.63, 3.8) is 0 Å². The van der Waals surface area contributed by atoms with Crippen LogP contribution in [0.25, 0.3) is 11.1 Å². The molecule has 0 saturated carbocycles. The zero-order valence-corrected chi connectivity index (χ0v) is 12.7. The second-order valence-electron chi connectivity index (χ2n) is 4.44. The lowest BCUT2D eigenvalue weighted by Gasteiger charge is -2.10. The smallest absolute Gasteiger partial charge is 0.337 e. The quantitative estimate of drug-likeness (QED) is 0.873. The highest BCUT2D eigenvalue weighted by Crippen LogP contribution is 2.32. The van der Waals surface area contributed by atoms with E-state index in [2.05, 4.69) is 4.74 Å². The summed E-state index contributed by atoms with van der Waals surface area (Å²) in [5, 5.41) is 9.55. The van der Waals surface area contributed by atoms with E-state index < -0.39 is 11.9 Å². The standard InChI is InChI=1S/C16H13ClO5/c1-21-12-6-10(5-11(7-12)15(18)19)13-8-9(16(20)22-2)3-4-14(13)17/h3-8H,1-2H3,(H,18,19). The molecule has 0 fully saturated rings. The van der Waals surface area contributed by atoms with Gasteiger partial charge in [0.1, 0.15) is 5.75 Å². The number of rotatable bonds is 4. The molecule has 6 heteroatoms. The van der Waals surface area contributed by atoms with Crippen LogP contribution in [0.15, 0.2) is 36.4 Å². The highest BCUT2D eigenvalue weighted by Gasteiger charge is 2.14. The average Bonchev–Trinajstić information content (AvgIpc) is 2.53. The molecule has 0 radical (unpaired) electrons. The third-order valence-corrected chi connectivity index (χ3v) is 3.42. The molecule has 22 heavy (non-hydrogen) atoms. The van der Waals surface area contributed by atoms with E-state index >= 15 is 0 Å². The second-order valence-corrected chi connectivity index (χ2v) is 4.85. The summed E-state index contributed by atoms with van der Waals surface area (Å²) < 4.78 is 9.78. The SMILES string of the molecule is COC(=O)c1ccc(Cl)c(-c2cc(OC)cc(C(=O)O)c2)c1. The van der Waals surface area contributed by atoms with Crippen LogP contribution in [0.3, 0.4) is 0 Å². The van der Waals surface area contributed by atoms with E-state index in [-0.39, 0.29) is 5.56 Å². The summed E-state index contributed by atoms with van der Waals surface area (Å²) >= 11 is 6.17. The van der Waals surface area contributed by atoms with Crippen molar-refractivity contribution in [2.75, 3.05) is 14.2 Å². The third kappa shape index (κ3) is 3.20. The summed E-state index contributed by atoms with van der Waals surface area (Å²) in [6.07, 6.45) is 0. The third-order valence-electron chi connectivity index (χ3n) is 3.09. The molecule has 1 N–H and O–H groups in total. The lowest BCUT2D eigenvalue weighted by molar-refractivity contribution is 0.0600. The topological polar surface area (TPSA) is 72.8 Å². The number of carbonyl (C=O) groups is 2. The molecule has 5 nitrogen and oxygen atoms in total. The van der Waals surface area contributed by atoms with Crippen LogP contribution in [0.1, 0.15) is 20.7 Å². The van der Waals surface area contributed by atoms with Gasteiger partial charge in [0.05, 0.1) is 25.3 Å². The molecule has 0 unspecified atom stereocenters. The Morgan fingerprint density at radius 3 is 2.36 bits per heavy atom. The van der Waals surface area contributed by atoms with Gasteiger partial charge in [-0.05, 0) is 42.0 Å². The molecular weight excluding hydrogens is 308 g/mol. The molecule has 0 spiro atoms. The maximum atomic E-state index is 11.6. The monoisotopic (exact) mass is 320 g/mol. The molecule has 0 atom stereocenters. The fraction of sp³-hybridized carbons (Fsp3) is 0.125. The molecule has 0 aliphatic carbocycles. The average molecular weight is 321 g/mol. The Morgan fingerprint density at radius 1 is 1.05 bits per heavy atom. The molecule has 0 amide bonds. The Balaban J connectivity index is 2.62. The minimum Gasteiger partial charge on any atom is -0.497 e. The highest BCUT2D eigenvalue weighted by molar-refractivity contribution is 6.33. The Bertz CT molecular complexity index is 739. The van der Waals surface area contributed by atoms with E-state index in [1.165, 1.54) is 32.4 Å². The van der Waals surface area contributed by atoms with Crippen LogP contribution in [0, 0.1) is 0 Å². The maximum absolute atomic E-state index is 11.6. The molecule has 0 saturated heterocycles. The summed E-state index contributed by atoms with van der Waals surface area (Å²) in [5.41, 5.74) is 1.44. The second kappa shape index (κ2) is 6.49. The van der Waals surface area contributed by atoms with Gasteiger partial charge in [-0.3, -0.25) is 0 Å². The molecule has 0 aliphatic rings. The molecule has 114 valence electrons. The summed E-state index contributed by atoms with van der Waals surface area (Å²) in [6.45, 7) is 0. The van der Waals surface area contributed by atoms with Gasteiger partial charge in [-0.15, -0.1) is 0 Å². The number of hydrogen-bond acceptors (Lipinski definition) is 4. The van der Waals surface area contributed by atoms with Crippen LogP contribution in [-0.2, 0) is 4.74 Å². The molecule has 0 heterocycles. The van der Waals surface area contributed by atoms with Gasteiger partial charge in [0.15, 0.2) is 0 Å². The highest BCUT2D eigenvalue weighted by atomic mass is 35.5. The van der Waals surface area contributed by atoms with Gasteiger partial charge in [0.25, 0.3) is 0 Å². The number of esters is 1. The van der Waals surface area contributed by atoms with Crippen molar-refractivity contribution < 1.29 is 24.2 Å². The lowest BCUT2D eigenvalue weighted by Crippen LogP contribution is -2.02. The number of methoxy groups -OCH3 is 2. The van der Waals surface area contributed by atoms with Crippen molar-refractivity contribution in [1.82, 2.24) is 0 Å². The molecule has 2 rings (SSSR count). The number of hydrogen-bond donors (Lipinski definition) is 1. The summed E-state index contributed by atoms with van der Waals surface area (Å²) in [7, 11) is 2.72. The van der Waals surface area contributed by atoms with E-state index in [0.29, 0.717) is 27.5 Å². The summed E-state index contributed by atoms with van der Waals surface area (Å²) in [6, 6.07) is 9.17. The Kier molecular flexibility index (Phi) is 4.68. The van der Waals surface area contributed by atoms with E-state index in [1.807, 2.05) is 0 Å². The van der Waals surface area contributed by atoms with Gasteiger partial charge in [0, 0.05) is 10.6 Å². The molecule has 0 aliphatic heterocycles. The minimum atomic E-state index is -1.08. The first kappa shape index (κ1) is 15.9. The number of carbonyl (C=O) groups excluding carboxylic acids is 1. The number of aromatic carboxylic acids is 1. The van der Waals surface area contributed by atoms with Crippen LogP contribution in [0.2, 0.25) is 5.02 Å². The maximum Gasteiger partial charge on any atom is 0.337 e.